The highest BCUT2D eigenvalue weighted by molar-refractivity contribution is 5.70. The maximum Gasteiger partial charge on any atom is 0.426 e. The lowest BCUT2D eigenvalue weighted by Crippen LogP contribution is -2.40. The molecule has 0 atom stereocenters. The van der Waals surface area contributed by atoms with Crippen LogP contribution in [0.5, 0.6) is 5.75 Å². The summed E-state index contributed by atoms with van der Waals surface area (Å²) < 4.78 is 5.05. The van der Waals surface area contributed by atoms with Gasteiger partial charge in [0.05, 0.1) is 5.70 Å². The molecule has 5 nitrogen and oxygen atoms in total. The maximum atomic E-state index is 11.4. The van der Waals surface area contributed by atoms with Crippen LogP contribution in [0, 0.1) is 0 Å². The molecule has 0 saturated heterocycles. The molecule has 0 aliphatic rings. The zero-order valence-corrected chi connectivity index (χ0v) is 10.8. The fourth-order valence-electron chi connectivity index (χ4n) is 1.16. The number of carbonyl (C=O) groups excluding carboxylic acids is 1. The lowest BCUT2D eigenvalue weighted by Gasteiger charge is -2.20. The van der Waals surface area contributed by atoms with Crippen LogP contribution in [0.4, 0.5) is 4.79 Å². The van der Waals surface area contributed by atoms with Crippen molar-refractivity contribution in [1.29, 1.82) is 0 Å². The topological polar surface area (TPSA) is 70.6 Å². The van der Waals surface area contributed by atoms with Crippen molar-refractivity contribution in [3.05, 3.63) is 36.4 Å². The average Bonchev–Trinajstić information content (AvgIpc) is 2.24. The van der Waals surface area contributed by atoms with Gasteiger partial charge in [0.25, 0.3) is 0 Å². The van der Waals surface area contributed by atoms with Crippen LogP contribution in [0.1, 0.15) is 26.3 Å². The summed E-state index contributed by atoms with van der Waals surface area (Å²) in [5.74, 6) is 0.173. The van der Waals surface area contributed by atoms with Gasteiger partial charge >= 0.3 is 6.09 Å². The Bertz CT molecular complexity index is 433. The molecule has 18 heavy (non-hydrogen) atoms. The number of benzene rings is 1. The number of hydrazine groups is 1. The number of hydrogen-bond donors (Lipinski definition) is 3. The van der Waals surface area contributed by atoms with Gasteiger partial charge in [-0.15, -0.1) is 0 Å². The Morgan fingerprint density at radius 2 is 1.78 bits per heavy atom. The molecule has 0 bridgehead atoms. The van der Waals surface area contributed by atoms with E-state index in [1.54, 1.807) is 32.9 Å². The van der Waals surface area contributed by atoms with E-state index in [4.69, 9.17) is 9.84 Å². The Labute approximate surface area is 106 Å². The number of aromatic hydroxyl groups is 1. The number of nitrogens with one attached hydrogen (secondary N) is 2. The lowest BCUT2D eigenvalue weighted by molar-refractivity contribution is 0.0511. The molecule has 0 aliphatic carbocycles. The third kappa shape index (κ3) is 4.78. The van der Waals surface area contributed by atoms with Crippen molar-refractivity contribution >= 4 is 11.8 Å². The van der Waals surface area contributed by atoms with E-state index < -0.39 is 11.7 Å². The molecule has 0 radical (unpaired) electrons. The molecule has 3 N–H and O–H groups in total. The standard InChI is InChI=1S/C13H18N2O3/c1-9(10-5-7-11(16)8-6-10)14-15-12(17)18-13(2,3)4/h5-8,14,16H,1H2,2-4H3,(H,15,17). The molecule has 0 unspecified atom stereocenters. The number of hydrogen-bond acceptors (Lipinski definition) is 4. The van der Waals surface area contributed by atoms with Crippen molar-refractivity contribution in [3.63, 3.8) is 0 Å². The normalized spacial score (nSPS) is 10.6. The van der Waals surface area contributed by atoms with Crippen molar-refractivity contribution in [2.24, 2.45) is 0 Å². The van der Waals surface area contributed by atoms with Gasteiger partial charge in [0.2, 0.25) is 0 Å². The summed E-state index contributed by atoms with van der Waals surface area (Å²) in [6.45, 7) is 9.10. The van der Waals surface area contributed by atoms with E-state index in [1.165, 1.54) is 12.1 Å². The Balaban J connectivity index is 2.47. The van der Waals surface area contributed by atoms with Crippen molar-refractivity contribution in [2.45, 2.75) is 26.4 Å². The SMILES string of the molecule is C=C(NNC(=O)OC(C)(C)C)c1ccc(O)cc1. The molecule has 1 aromatic rings. The molecule has 0 spiro atoms. The second-order valence-corrected chi connectivity index (χ2v) is 4.78. The van der Waals surface area contributed by atoms with Crippen LogP contribution in [0.15, 0.2) is 30.8 Å². The molecule has 98 valence electrons. The van der Waals surface area contributed by atoms with Gasteiger partial charge < -0.3 is 9.84 Å². The van der Waals surface area contributed by atoms with Crippen molar-refractivity contribution in [3.8, 4) is 5.75 Å². The van der Waals surface area contributed by atoms with Gasteiger partial charge in [-0.25, -0.2) is 10.2 Å². The zero-order chi connectivity index (χ0) is 13.8. The summed E-state index contributed by atoms with van der Waals surface area (Å²) in [5.41, 5.74) is 5.72. The van der Waals surface area contributed by atoms with E-state index in [2.05, 4.69) is 17.4 Å². The first kappa shape index (κ1) is 13.9. The first-order valence-corrected chi connectivity index (χ1v) is 5.51. The second kappa shape index (κ2) is 5.44. The molecular formula is C13H18N2O3. The van der Waals surface area contributed by atoms with E-state index in [1.807, 2.05) is 0 Å². The largest absolute Gasteiger partial charge is 0.508 e. The molecular weight excluding hydrogens is 232 g/mol. The minimum Gasteiger partial charge on any atom is -0.508 e. The van der Waals surface area contributed by atoms with E-state index in [0.29, 0.717) is 5.70 Å². The number of phenolic OH excluding ortho intramolecular Hbond substituents is 1. The van der Waals surface area contributed by atoms with Crippen molar-refractivity contribution in [2.75, 3.05) is 0 Å². The van der Waals surface area contributed by atoms with Gasteiger partial charge in [-0.1, -0.05) is 6.58 Å². The Kier molecular flexibility index (Phi) is 4.20. The summed E-state index contributed by atoms with van der Waals surface area (Å²) in [7, 11) is 0. The summed E-state index contributed by atoms with van der Waals surface area (Å²) in [5, 5.41) is 9.14. The van der Waals surface area contributed by atoms with Crippen LogP contribution in [-0.2, 0) is 4.74 Å². The van der Waals surface area contributed by atoms with E-state index in [0.717, 1.165) is 5.56 Å². The molecule has 1 amide bonds. The highest BCUT2D eigenvalue weighted by Gasteiger charge is 2.15. The Hall–Kier alpha value is -2.17. The maximum absolute atomic E-state index is 11.4. The molecule has 0 fully saturated rings. The fraction of sp³-hybridized carbons (Fsp3) is 0.308. The average molecular weight is 250 g/mol. The predicted molar refractivity (Wildman–Crippen MR) is 69.6 cm³/mol. The third-order valence-corrected chi connectivity index (χ3v) is 1.93. The lowest BCUT2D eigenvalue weighted by atomic mass is 10.2. The van der Waals surface area contributed by atoms with Crippen LogP contribution in [0.25, 0.3) is 5.70 Å². The van der Waals surface area contributed by atoms with Crippen LogP contribution < -0.4 is 10.9 Å². The minimum atomic E-state index is -0.581. The molecule has 1 aromatic carbocycles. The Morgan fingerprint density at radius 1 is 1.22 bits per heavy atom. The number of amides is 1. The quantitative estimate of drug-likeness (QED) is 0.720. The molecule has 0 aromatic heterocycles. The highest BCUT2D eigenvalue weighted by Crippen LogP contribution is 2.14. The number of ether oxygens (including phenoxy) is 1. The number of phenols is 1. The van der Waals surface area contributed by atoms with E-state index in [-0.39, 0.29) is 5.75 Å². The fourth-order valence-corrected chi connectivity index (χ4v) is 1.16. The molecule has 5 heteroatoms. The van der Waals surface area contributed by atoms with Gasteiger partial charge in [-0.05, 0) is 50.6 Å². The first-order valence-electron chi connectivity index (χ1n) is 5.51. The van der Waals surface area contributed by atoms with Gasteiger partial charge in [0.15, 0.2) is 0 Å². The summed E-state index contributed by atoms with van der Waals surface area (Å²) >= 11 is 0. The van der Waals surface area contributed by atoms with Crippen LogP contribution in [0.2, 0.25) is 0 Å². The van der Waals surface area contributed by atoms with E-state index >= 15 is 0 Å². The van der Waals surface area contributed by atoms with Gasteiger partial charge in [0, 0.05) is 0 Å². The first-order chi connectivity index (χ1) is 8.28. The smallest absolute Gasteiger partial charge is 0.426 e. The summed E-state index contributed by atoms with van der Waals surface area (Å²) in [6.07, 6.45) is -0.581. The Morgan fingerprint density at radius 3 is 2.28 bits per heavy atom. The number of carbonyl (C=O) groups is 1. The van der Waals surface area contributed by atoms with Crippen LogP contribution in [0.3, 0.4) is 0 Å². The third-order valence-electron chi connectivity index (χ3n) is 1.93. The predicted octanol–water partition coefficient (Wildman–Crippen LogP) is 2.39. The second-order valence-electron chi connectivity index (χ2n) is 4.78. The van der Waals surface area contributed by atoms with Gasteiger partial charge in [0.1, 0.15) is 11.4 Å². The van der Waals surface area contributed by atoms with Crippen molar-refractivity contribution < 1.29 is 14.6 Å². The van der Waals surface area contributed by atoms with Gasteiger partial charge in [-0.2, -0.15) is 0 Å². The minimum absolute atomic E-state index is 0.173. The molecule has 0 heterocycles. The molecule has 0 aliphatic heterocycles. The summed E-state index contributed by atoms with van der Waals surface area (Å²) in [6, 6.07) is 6.44. The molecule has 1 rings (SSSR count). The monoisotopic (exact) mass is 250 g/mol. The summed E-state index contributed by atoms with van der Waals surface area (Å²) in [4.78, 5) is 11.4. The van der Waals surface area contributed by atoms with Crippen LogP contribution >= 0.6 is 0 Å². The van der Waals surface area contributed by atoms with Crippen LogP contribution in [-0.4, -0.2) is 16.8 Å². The van der Waals surface area contributed by atoms with E-state index in [9.17, 15) is 4.79 Å². The zero-order valence-electron chi connectivity index (χ0n) is 10.8. The highest BCUT2D eigenvalue weighted by atomic mass is 16.6. The van der Waals surface area contributed by atoms with Gasteiger partial charge in [-0.3, -0.25) is 5.43 Å². The van der Waals surface area contributed by atoms with Crippen molar-refractivity contribution in [1.82, 2.24) is 10.9 Å². The number of rotatable bonds is 3. The molecule has 0 saturated carbocycles.